The Morgan fingerprint density at radius 2 is 0.971 bits per heavy atom. The van der Waals surface area contributed by atoms with E-state index in [1.165, 1.54) is 43.9 Å². The van der Waals surface area contributed by atoms with E-state index < -0.39 is 0 Å². The van der Waals surface area contributed by atoms with Crippen LogP contribution >= 0.6 is 0 Å². The molecule has 7 rings (SSSR count). The number of fused-ring (bicyclic) bond motifs is 11. The maximum Gasteiger partial charge on any atom is 0.370 e. The van der Waals surface area contributed by atoms with Gasteiger partial charge in [0.1, 0.15) is 11.0 Å². The molecular formula is C28H26N6+2. The van der Waals surface area contributed by atoms with Gasteiger partial charge in [-0.3, -0.25) is 9.80 Å². The zero-order valence-electron chi connectivity index (χ0n) is 19.8. The van der Waals surface area contributed by atoms with E-state index in [4.69, 9.17) is 0 Å². The Morgan fingerprint density at radius 3 is 1.38 bits per heavy atom. The molecule has 0 radical (unpaired) electrons. The van der Waals surface area contributed by atoms with Gasteiger partial charge in [0.15, 0.2) is 22.1 Å². The molecular weight excluding hydrogens is 420 g/mol. The predicted molar refractivity (Wildman–Crippen MR) is 138 cm³/mol. The number of imidazole rings is 2. The lowest BCUT2D eigenvalue weighted by Crippen LogP contribution is -2.29. The van der Waals surface area contributed by atoms with Gasteiger partial charge in [-0.2, -0.15) is 8.80 Å². The van der Waals surface area contributed by atoms with E-state index in [-0.39, 0.29) is 0 Å². The van der Waals surface area contributed by atoms with Crippen LogP contribution in [0.3, 0.4) is 0 Å². The van der Waals surface area contributed by atoms with E-state index in [0.29, 0.717) is 0 Å². The molecule has 0 amide bonds. The fourth-order valence-electron chi connectivity index (χ4n) is 5.58. The van der Waals surface area contributed by atoms with Crippen molar-refractivity contribution in [2.45, 2.75) is 0 Å². The van der Waals surface area contributed by atoms with Gasteiger partial charge >= 0.3 is 11.9 Å². The number of benzene rings is 2. The number of anilines is 2. The van der Waals surface area contributed by atoms with Crippen molar-refractivity contribution in [2.75, 3.05) is 38.0 Å². The van der Waals surface area contributed by atoms with Gasteiger partial charge in [-0.15, -0.1) is 0 Å². The lowest BCUT2D eigenvalue weighted by atomic mass is 10.1. The molecule has 0 atom stereocenters. The Bertz CT molecular complexity index is 1780. The highest BCUT2D eigenvalue weighted by Crippen LogP contribution is 2.35. The van der Waals surface area contributed by atoms with Gasteiger partial charge in [0, 0.05) is 0 Å². The summed E-state index contributed by atoms with van der Waals surface area (Å²) >= 11 is 0. The second-order valence-electron chi connectivity index (χ2n) is 9.36. The first-order chi connectivity index (χ1) is 16.6. The molecule has 0 bridgehead atoms. The SMILES string of the molecule is CN(C)c1n2c3cc4ccccc4cc3n3c(N(C)C)[n+]4ccccc4c3c2c2cccc[n+]12. The minimum atomic E-state index is 1.12. The highest BCUT2D eigenvalue weighted by molar-refractivity contribution is 6.06. The topological polar surface area (TPSA) is 23.5 Å². The first kappa shape index (κ1) is 19.2. The fourth-order valence-corrected chi connectivity index (χ4v) is 5.58. The highest BCUT2D eigenvalue weighted by atomic mass is 15.3. The Labute approximate surface area is 196 Å². The average Bonchev–Trinajstić information content (AvgIpc) is 3.37. The zero-order valence-corrected chi connectivity index (χ0v) is 19.8. The standard InChI is InChI=1S/C28H26N6/c1-29(2)27-31-15-9-7-13-21(31)25-26-22-14-8-10-16-32(22)28(30(3)4)34(26)24-18-20-12-6-5-11-19(20)17-23(24)33(25)27/h5-18H,1-4H3/q+2. The lowest BCUT2D eigenvalue weighted by Gasteiger charge is -2.10. The monoisotopic (exact) mass is 446 g/mol. The average molecular weight is 447 g/mol. The molecule has 6 nitrogen and oxygen atoms in total. The van der Waals surface area contributed by atoms with Gasteiger partial charge in [0.2, 0.25) is 0 Å². The lowest BCUT2D eigenvalue weighted by molar-refractivity contribution is -0.497. The van der Waals surface area contributed by atoms with Crippen LogP contribution in [0.4, 0.5) is 11.9 Å². The summed E-state index contributed by atoms with van der Waals surface area (Å²) in [6.45, 7) is 0. The third-order valence-electron chi connectivity index (χ3n) is 6.83. The van der Waals surface area contributed by atoms with E-state index in [1.54, 1.807) is 0 Å². The van der Waals surface area contributed by atoms with Crippen LogP contribution in [0.2, 0.25) is 0 Å². The first-order valence-corrected chi connectivity index (χ1v) is 11.5. The van der Waals surface area contributed by atoms with Gasteiger partial charge in [-0.1, -0.05) is 36.4 Å². The molecule has 0 aliphatic rings. The van der Waals surface area contributed by atoms with Gasteiger partial charge in [-0.25, -0.2) is 8.80 Å². The molecule has 0 aliphatic carbocycles. The first-order valence-electron chi connectivity index (χ1n) is 11.5. The number of pyridine rings is 2. The van der Waals surface area contributed by atoms with Crippen LogP contribution in [0, 0.1) is 0 Å². The number of rotatable bonds is 2. The number of hydrogen-bond donors (Lipinski definition) is 0. The highest BCUT2D eigenvalue weighted by Gasteiger charge is 2.33. The van der Waals surface area contributed by atoms with Crippen molar-refractivity contribution in [3.05, 3.63) is 85.2 Å². The maximum absolute atomic E-state index is 2.43. The van der Waals surface area contributed by atoms with E-state index in [0.717, 1.165) is 11.9 Å². The molecule has 0 aliphatic heterocycles. The van der Waals surface area contributed by atoms with Gasteiger partial charge in [-0.05, 0) is 47.2 Å². The number of aromatic nitrogens is 4. The van der Waals surface area contributed by atoms with E-state index >= 15 is 0 Å². The molecule has 6 heteroatoms. The zero-order chi connectivity index (χ0) is 23.1. The van der Waals surface area contributed by atoms with Crippen molar-refractivity contribution in [3.8, 4) is 0 Å². The van der Waals surface area contributed by atoms with Gasteiger partial charge < -0.3 is 0 Å². The van der Waals surface area contributed by atoms with Crippen molar-refractivity contribution in [1.29, 1.82) is 0 Å². The Balaban J connectivity index is 1.94. The van der Waals surface area contributed by atoms with Crippen LogP contribution in [0.5, 0.6) is 0 Å². The summed E-state index contributed by atoms with van der Waals surface area (Å²) in [7, 11) is 8.48. The summed E-state index contributed by atoms with van der Waals surface area (Å²) in [6, 6.07) is 26.2. The second-order valence-corrected chi connectivity index (χ2v) is 9.36. The van der Waals surface area contributed by atoms with Gasteiger partial charge in [0.05, 0.1) is 40.6 Å². The molecule has 0 unspecified atom stereocenters. The second kappa shape index (κ2) is 6.60. The fraction of sp³-hybridized carbons (Fsp3) is 0.143. The summed E-state index contributed by atoms with van der Waals surface area (Å²) in [4.78, 5) is 4.41. The summed E-state index contributed by atoms with van der Waals surface area (Å²) in [5.74, 6) is 2.24. The Hall–Kier alpha value is -4.32. The van der Waals surface area contributed by atoms with Gasteiger partial charge in [0.25, 0.3) is 0 Å². The smallest absolute Gasteiger partial charge is 0.269 e. The van der Waals surface area contributed by atoms with Crippen LogP contribution in [0.1, 0.15) is 0 Å². The number of hydrogen-bond acceptors (Lipinski definition) is 2. The summed E-state index contributed by atoms with van der Waals surface area (Å²) in [5.41, 5.74) is 7.11. The molecule has 7 aromatic rings. The molecule has 166 valence electrons. The molecule has 2 aromatic carbocycles. The van der Waals surface area contributed by atoms with Crippen LogP contribution < -0.4 is 18.6 Å². The summed E-state index contributed by atoms with van der Waals surface area (Å²) in [5, 5.41) is 2.47. The third-order valence-corrected chi connectivity index (χ3v) is 6.83. The molecule has 0 N–H and O–H groups in total. The van der Waals surface area contributed by atoms with Crippen LogP contribution in [-0.4, -0.2) is 37.0 Å². The van der Waals surface area contributed by atoms with Crippen molar-refractivity contribution in [2.24, 2.45) is 0 Å². The maximum atomic E-state index is 2.43. The predicted octanol–water partition coefficient (Wildman–Crippen LogP) is 4.11. The van der Waals surface area contributed by atoms with Crippen molar-refractivity contribution >= 4 is 55.8 Å². The Morgan fingerprint density at radius 1 is 0.559 bits per heavy atom. The van der Waals surface area contributed by atoms with Crippen molar-refractivity contribution < 1.29 is 8.80 Å². The van der Waals surface area contributed by atoms with E-state index in [1.807, 2.05) is 0 Å². The molecule has 0 saturated carbocycles. The van der Waals surface area contributed by atoms with Crippen molar-refractivity contribution in [1.82, 2.24) is 8.80 Å². The molecule has 0 spiro atoms. The van der Waals surface area contributed by atoms with Crippen LogP contribution in [-0.2, 0) is 0 Å². The van der Waals surface area contributed by atoms with Crippen LogP contribution in [0.25, 0.3) is 43.9 Å². The van der Waals surface area contributed by atoms with Crippen LogP contribution in [0.15, 0.2) is 85.2 Å². The molecule has 5 heterocycles. The summed E-state index contributed by atoms with van der Waals surface area (Å²) in [6.07, 6.45) is 4.32. The largest absolute Gasteiger partial charge is 0.370 e. The Kier molecular flexibility index (Phi) is 3.73. The number of nitrogens with zero attached hydrogens (tertiary/aromatic N) is 6. The quantitative estimate of drug-likeness (QED) is 0.295. The molecule has 5 aromatic heterocycles. The molecule has 34 heavy (non-hydrogen) atoms. The van der Waals surface area contributed by atoms with E-state index in [9.17, 15) is 0 Å². The normalized spacial score (nSPS) is 12.1. The summed E-state index contributed by atoms with van der Waals surface area (Å²) < 4.78 is 9.45. The molecule has 0 fully saturated rings. The van der Waals surface area contributed by atoms with Crippen molar-refractivity contribution in [3.63, 3.8) is 0 Å². The third kappa shape index (κ3) is 2.29. The minimum Gasteiger partial charge on any atom is -0.269 e. The molecule has 0 saturated heterocycles. The minimum absolute atomic E-state index is 1.12. The van der Waals surface area contributed by atoms with E-state index in [2.05, 4.69) is 141 Å².